The molecule has 3 amide bonds. The Morgan fingerprint density at radius 2 is 1.88 bits per heavy atom. The highest BCUT2D eigenvalue weighted by Gasteiger charge is 2.48. The Hall–Kier alpha value is -2.53. The number of halogens is 1. The van der Waals surface area contributed by atoms with Crippen LogP contribution in [0.5, 0.6) is 5.75 Å². The summed E-state index contributed by atoms with van der Waals surface area (Å²) in [5.41, 5.74) is 0.414. The Labute approximate surface area is 145 Å². The van der Waals surface area contributed by atoms with Crippen molar-refractivity contribution in [2.24, 2.45) is 0 Å². The zero-order valence-corrected chi connectivity index (χ0v) is 14.1. The molecule has 1 atom stereocenters. The van der Waals surface area contributed by atoms with Gasteiger partial charge in [-0.05, 0) is 42.3 Å². The summed E-state index contributed by atoms with van der Waals surface area (Å²) >= 11 is 5.90. The van der Waals surface area contributed by atoms with E-state index in [0.717, 1.165) is 5.56 Å². The number of imide groups is 1. The summed E-state index contributed by atoms with van der Waals surface area (Å²) in [6, 6.07) is 13.8. The number of benzene rings is 2. The number of rotatable bonds is 4. The molecule has 24 heavy (non-hydrogen) atoms. The molecule has 0 bridgehead atoms. The molecule has 5 nitrogen and oxygen atoms in total. The van der Waals surface area contributed by atoms with Crippen molar-refractivity contribution in [1.82, 2.24) is 10.2 Å². The fraction of sp³-hybridized carbons (Fsp3) is 0.222. The van der Waals surface area contributed by atoms with Gasteiger partial charge in [-0.1, -0.05) is 35.9 Å². The lowest BCUT2D eigenvalue weighted by atomic mass is 9.92. The zero-order chi connectivity index (χ0) is 17.3. The van der Waals surface area contributed by atoms with Crippen molar-refractivity contribution in [3.63, 3.8) is 0 Å². The Bertz CT molecular complexity index is 791. The zero-order valence-electron chi connectivity index (χ0n) is 13.4. The van der Waals surface area contributed by atoms with Gasteiger partial charge in [0.15, 0.2) is 0 Å². The summed E-state index contributed by atoms with van der Waals surface area (Å²) in [5.74, 6) is 0.387. The summed E-state index contributed by atoms with van der Waals surface area (Å²) in [6.45, 7) is 1.88. The van der Waals surface area contributed by atoms with Crippen molar-refractivity contribution >= 4 is 23.5 Å². The van der Waals surface area contributed by atoms with Crippen LogP contribution in [0.25, 0.3) is 0 Å². The van der Waals surface area contributed by atoms with E-state index in [1.807, 2.05) is 18.2 Å². The van der Waals surface area contributed by atoms with Crippen molar-refractivity contribution in [3.8, 4) is 5.75 Å². The number of hydrogen-bond donors (Lipinski definition) is 1. The normalized spacial score (nSPS) is 20.2. The average molecular weight is 345 g/mol. The molecule has 1 aliphatic heterocycles. The molecule has 124 valence electrons. The minimum atomic E-state index is -1.10. The third-order valence-corrected chi connectivity index (χ3v) is 4.42. The van der Waals surface area contributed by atoms with E-state index in [2.05, 4.69) is 5.32 Å². The van der Waals surface area contributed by atoms with Crippen LogP contribution in [-0.4, -0.2) is 23.9 Å². The molecule has 1 N–H and O–H groups in total. The summed E-state index contributed by atoms with van der Waals surface area (Å²) < 4.78 is 5.18. The molecule has 3 rings (SSSR count). The van der Waals surface area contributed by atoms with Crippen molar-refractivity contribution in [3.05, 3.63) is 64.7 Å². The minimum absolute atomic E-state index is 0.186. The van der Waals surface area contributed by atoms with Crippen LogP contribution < -0.4 is 10.1 Å². The lowest BCUT2D eigenvalue weighted by Crippen LogP contribution is -2.40. The molecule has 0 aliphatic carbocycles. The molecule has 0 unspecified atom stereocenters. The molecular formula is C18H17ClN2O3. The van der Waals surface area contributed by atoms with Crippen LogP contribution in [0.2, 0.25) is 5.02 Å². The number of ether oxygens (including phenoxy) is 1. The molecule has 1 heterocycles. The van der Waals surface area contributed by atoms with Crippen molar-refractivity contribution in [2.75, 3.05) is 7.11 Å². The first kappa shape index (κ1) is 16.3. The number of amides is 3. The van der Waals surface area contributed by atoms with Gasteiger partial charge in [0.05, 0.1) is 13.7 Å². The van der Waals surface area contributed by atoms with Gasteiger partial charge in [-0.3, -0.25) is 9.69 Å². The number of nitrogens with zero attached hydrogens (tertiary/aromatic N) is 1. The monoisotopic (exact) mass is 344 g/mol. The number of hydrogen-bond acceptors (Lipinski definition) is 3. The number of carbonyl (C=O) groups is 2. The standard InChI is InChI=1S/C18H17ClN2O3/c1-18(13-6-8-14(19)9-7-13)16(22)21(17(23)20-18)11-12-4-3-5-15(10-12)24-2/h3-10H,11H2,1-2H3,(H,20,23)/t18-/m1/s1. The summed E-state index contributed by atoms with van der Waals surface area (Å²) in [6.07, 6.45) is 0. The van der Waals surface area contributed by atoms with Crippen molar-refractivity contribution < 1.29 is 14.3 Å². The highest BCUT2D eigenvalue weighted by Crippen LogP contribution is 2.30. The van der Waals surface area contributed by atoms with Gasteiger partial charge in [-0.2, -0.15) is 0 Å². The van der Waals surface area contributed by atoms with E-state index in [0.29, 0.717) is 16.3 Å². The summed E-state index contributed by atoms with van der Waals surface area (Å²) in [7, 11) is 1.57. The van der Waals surface area contributed by atoms with Gasteiger partial charge < -0.3 is 10.1 Å². The molecule has 1 aliphatic rings. The van der Waals surface area contributed by atoms with Gasteiger partial charge in [0, 0.05) is 5.02 Å². The fourth-order valence-electron chi connectivity index (χ4n) is 2.77. The first-order chi connectivity index (χ1) is 11.4. The van der Waals surface area contributed by atoms with Gasteiger partial charge in [0.1, 0.15) is 11.3 Å². The molecule has 1 fully saturated rings. The van der Waals surface area contributed by atoms with Gasteiger partial charge in [-0.25, -0.2) is 4.79 Å². The second-order valence-corrected chi connectivity index (χ2v) is 6.24. The molecule has 1 saturated heterocycles. The quantitative estimate of drug-likeness (QED) is 0.866. The van der Waals surface area contributed by atoms with E-state index >= 15 is 0 Å². The number of methoxy groups -OCH3 is 1. The third kappa shape index (κ3) is 2.83. The SMILES string of the molecule is COc1cccc(CN2C(=O)N[C@](C)(c3ccc(Cl)cc3)C2=O)c1. The van der Waals surface area contributed by atoms with Crippen LogP contribution >= 0.6 is 11.6 Å². The molecule has 0 saturated carbocycles. The van der Waals surface area contributed by atoms with Crippen LogP contribution in [0.3, 0.4) is 0 Å². The Balaban J connectivity index is 1.87. The van der Waals surface area contributed by atoms with Gasteiger partial charge in [0.2, 0.25) is 0 Å². The van der Waals surface area contributed by atoms with Crippen LogP contribution in [0.4, 0.5) is 4.79 Å². The maximum Gasteiger partial charge on any atom is 0.325 e. The Kier molecular flexibility index (Phi) is 4.20. The second-order valence-electron chi connectivity index (χ2n) is 5.80. The lowest BCUT2D eigenvalue weighted by molar-refractivity contribution is -0.131. The van der Waals surface area contributed by atoms with Gasteiger partial charge in [0.25, 0.3) is 5.91 Å². The molecule has 0 radical (unpaired) electrons. The largest absolute Gasteiger partial charge is 0.497 e. The molecule has 0 aromatic heterocycles. The second kappa shape index (κ2) is 6.17. The van der Waals surface area contributed by atoms with E-state index in [1.165, 1.54) is 4.90 Å². The van der Waals surface area contributed by atoms with Crippen molar-refractivity contribution in [2.45, 2.75) is 19.0 Å². The minimum Gasteiger partial charge on any atom is -0.497 e. The topological polar surface area (TPSA) is 58.6 Å². The summed E-state index contributed by atoms with van der Waals surface area (Å²) in [5, 5.41) is 3.35. The molecule has 2 aromatic carbocycles. The molecule has 2 aromatic rings. The van der Waals surface area contributed by atoms with Crippen molar-refractivity contribution in [1.29, 1.82) is 0 Å². The van der Waals surface area contributed by atoms with Crippen LogP contribution in [-0.2, 0) is 16.9 Å². The van der Waals surface area contributed by atoms with E-state index in [-0.39, 0.29) is 12.5 Å². The molecule has 0 spiro atoms. The lowest BCUT2D eigenvalue weighted by Gasteiger charge is -2.22. The molecular weight excluding hydrogens is 328 g/mol. The van der Waals surface area contributed by atoms with Crippen LogP contribution in [0.1, 0.15) is 18.1 Å². The first-order valence-electron chi connectivity index (χ1n) is 7.47. The van der Waals surface area contributed by atoms with E-state index in [1.54, 1.807) is 44.4 Å². The van der Waals surface area contributed by atoms with Gasteiger partial charge in [-0.15, -0.1) is 0 Å². The Morgan fingerprint density at radius 3 is 2.54 bits per heavy atom. The van der Waals surface area contributed by atoms with E-state index in [9.17, 15) is 9.59 Å². The van der Waals surface area contributed by atoms with Gasteiger partial charge >= 0.3 is 6.03 Å². The van der Waals surface area contributed by atoms with Crippen LogP contribution in [0, 0.1) is 0 Å². The fourth-order valence-corrected chi connectivity index (χ4v) is 2.90. The number of urea groups is 1. The summed E-state index contributed by atoms with van der Waals surface area (Å²) in [4.78, 5) is 26.4. The van der Waals surface area contributed by atoms with E-state index in [4.69, 9.17) is 16.3 Å². The smallest absolute Gasteiger partial charge is 0.325 e. The Morgan fingerprint density at radius 1 is 1.17 bits per heavy atom. The predicted octanol–water partition coefficient (Wildman–Crippen LogP) is 3.32. The third-order valence-electron chi connectivity index (χ3n) is 4.17. The number of carbonyl (C=O) groups excluding carboxylic acids is 2. The van der Waals surface area contributed by atoms with Crippen LogP contribution in [0.15, 0.2) is 48.5 Å². The maximum absolute atomic E-state index is 12.9. The predicted molar refractivity (Wildman–Crippen MR) is 90.9 cm³/mol. The molecule has 6 heteroatoms. The average Bonchev–Trinajstić information content (AvgIpc) is 2.80. The maximum atomic E-state index is 12.9. The van der Waals surface area contributed by atoms with E-state index < -0.39 is 11.6 Å². The first-order valence-corrected chi connectivity index (χ1v) is 7.85. The highest BCUT2D eigenvalue weighted by atomic mass is 35.5. The highest BCUT2D eigenvalue weighted by molar-refractivity contribution is 6.30. The number of nitrogens with one attached hydrogen (secondary N) is 1.